The molecule has 0 amide bonds. The van der Waals surface area contributed by atoms with Gasteiger partial charge in [-0.3, -0.25) is 4.90 Å². The Morgan fingerprint density at radius 3 is 3.06 bits per heavy atom. The second-order valence-corrected chi connectivity index (χ2v) is 4.59. The summed E-state index contributed by atoms with van der Waals surface area (Å²) in [7, 11) is 3.89. The third-order valence-corrected chi connectivity index (χ3v) is 3.16. The number of β-amino-alcohol motifs (C(OH)–C–C–N with tert-alkyl or cyclic N) is 1. The van der Waals surface area contributed by atoms with E-state index in [1.54, 1.807) is 0 Å². The Morgan fingerprint density at radius 2 is 2.35 bits per heavy atom. The Balaban J connectivity index is 2.18. The van der Waals surface area contributed by atoms with Crippen LogP contribution in [-0.2, 0) is 0 Å². The SMILES string of the molecule is CN(C)c1nccc([C@@H]2CCCN2CCO)n1. The third kappa shape index (κ3) is 2.73. The van der Waals surface area contributed by atoms with Crippen LogP contribution < -0.4 is 4.90 Å². The molecule has 1 N–H and O–H groups in total. The van der Waals surface area contributed by atoms with E-state index in [9.17, 15) is 0 Å². The summed E-state index contributed by atoms with van der Waals surface area (Å²) in [4.78, 5) is 13.0. The van der Waals surface area contributed by atoms with Crippen LogP contribution in [0.2, 0.25) is 0 Å². The predicted molar refractivity (Wildman–Crippen MR) is 67.0 cm³/mol. The first kappa shape index (κ1) is 12.3. The maximum absolute atomic E-state index is 9.05. The van der Waals surface area contributed by atoms with Crippen molar-refractivity contribution in [3.63, 3.8) is 0 Å². The fraction of sp³-hybridized carbons (Fsp3) is 0.667. The van der Waals surface area contributed by atoms with Crippen LogP contribution in [-0.4, -0.2) is 53.8 Å². The second-order valence-electron chi connectivity index (χ2n) is 4.59. The number of anilines is 1. The summed E-state index contributed by atoms with van der Waals surface area (Å²) in [5, 5.41) is 9.05. The molecule has 0 radical (unpaired) electrons. The van der Waals surface area contributed by atoms with Crippen molar-refractivity contribution in [3.05, 3.63) is 18.0 Å². The lowest BCUT2D eigenvalue weighted by molar-refractivity contribution is 0.183. The van der Waals surface area contributed by atoms with E-state index in [0.29, 0.717) is 6.04 Å². The van der Waals surface area contributed by atoms with E-state index in [-0.39, 0.29) is 6.61 Å². The van der Waals surface area contributed by atoms with E-state index in [1.807, 2.05) is 31.3 Å². The molecule has 5 heteroatoms. The zero-order valence-electron chi connectivity index (χ0n) is 10.5. The zero-order chi connectivity index (χ0) is 12.3. The molecule has 2 rings (SSSR count). The van der Waals surface area contributed by atoms with Crippen LogP contribution in [0.4, 0.5) is 5.95 Å². The van der Waals surface area contributed by atoms with Crippen LogP contribution in [0.25, 0.3) is 0 Å². The molecule has 0 bridgehead atoms. The van der Waals surface area contributed by atoms with Gasteiger partial charge in [-0.1, -0.05) is 0 Å². The number of aliphatic hydroxyl groups is 1. The Kier molecular flexibility index (Phi) is 3.91. The molecule has 1 aromatic rings. The second kappa shape index (κ2) is 5.42. The van der Waals surface area contributed by atoms with Gasteiger partial charge in [-0.05, 0) is 25.5 Å². The van der Waals surface area contributed by atoms with E-state index in [2.05, 4.69) is 14.9 Å². The van der Waals surface area contributed by atoms with Crippen molar-refractivity contribution in [2.45, 2.75) is 18.9 Å². The first-order chi connectivity index (χ1) is 8.22. The molecule has 0 unspecified atom stereocenters. The van der Waals surface area contributed by atoms with Crippen LogP contribution in [0, 0.1) is 0 Å². The molecule has 1 aliphatic rings. The number of aliphatic hydroxyl groups excluding tert-OH is 1. The van der Waals surface area contributed by atoms with Gasteiger partial charge in [0, 0.05) is 26.8 Å². The number of nitrogens with zero attached hydrogens (tertiary/aromatic N) is 4. The van der Waals surface area contributed by atoms with Crippen molar-refractivity contribution in [1.29, 1.82) is 0 Å². The summed E-state index contributed by atoms with van der Waals surface area (Å²) in [5.41, 5.74) is 1.06. The molecule has 17 heavy (non-hydrogen) atoms. The molecule has 94 valence electrons. The highest BCUT2D eigenvalue weighted by Gasteiger charge is 2.26. The van der Waals surface area contributed by atoms with E-state index in [1.165, 1.54) is 6.42 Å². The average molecular weight is 236 g/mol. The summed E-state index contributed by atoms with van der Waals surface area (Å²) in [6, 6.07) is 2.32. The van der Waals surface area contributed by atoms with Crippen molar-refractivity contribution in [1.82, 2.24) is 14.9 Å². The van der Waals surface area contributed by atoms with Crippen LogP contribution in [0.5, 0.6) is 0 Å². The molecule has 1 saturated heterocycles. The number of aromatic nitrogens is 2. The van der Waals surface area contributed by atoms with Crippen molar-refractivity contribution >= 4 is 5.95 Å². The molecule has 1 aromatic heterocycles. The topological polar surface area (TPSA) is 52.5 Å². The molecule has 0 saturated carbocycles. The van der Waals surface area contributed by atoms with Crippen molar-refractivity contribution in [2.24, 2.45) is 0 Å². The Morgan fingerprint density at radius 1 is 1.53 bits per heavy atom. The van der Waals surface area contributed by atoms with E-state index < -0.39 is 0 Å². The van der Waals surface area contributed by atoms with Gasteiger partial charge in [0.05, 0.1) is 18.3 Å². The van der Waals surface area contributed by atoms with E-state index >= 15 is 0 Å². The monoisotopic (exact) mass is 236 g/mol. The summed E-state index contributed by atoms with van der Waals surface area (Å²) in [6.45, 7) is 1.99. The maximum Gasteiger partial charge on any atom is 0.225 e. The van der Waals surface area contributed by atoms with Crippen LogP contribution in [0.1, 0.15) is 24.6 Å². The van der Waals surface area contributed by atoms with Gasteiger partial charge in [0.25, 0.3) is 0 Å². The largest absolute Gasteiger partial charge is 0.395 e. The van der Waals surface area contributed by atoms with Gasteiger partial charge in [0.1, 0.15) is 0 Å². The molecule has 0 spiro atoms. The van der Waals surface area contributed by atoms with Gasteiger partial charge < -0.3 is 10.0 Å². The smallest absolute Gasteiger partial charge is 0.225 e. The fourth-order valence-electron chi connectivity index (χ4n) is 2.32. The van der Waals surface area contributed by atoms with Gasteiger partial charge >= 0.3 is 0 Å². The van der Waals surface area contributed by atoms with Crippen LogP contribution >= 0.6 is 0 Å². The molecule has 1 fully saturated rings. The number of rotatable bonds is 4. The Bertz CT molecular complexity index is 369. The highest BCUT2D eigenvalue weighted by molar-refractivity contribution is 5.28. The number of hydrogen-bond acceptors (Lipinski definition) is 5. The molecule has 0 aliphatic carbocycles. The van der Waals surface area contributed by atoms with E-state index in [4.69, 9.17) is 5.11 Å². The first-order valence-electron chi connectivity index (χ1n) is 6.07. The lowest BCUT2D eigenvalue weighted by Crippen LogP contribution is -2.27. The quantitative estimate of drug-likeness (QED) is 0.833. The van der Waals surface area contributed by atoms with Crippen molar-refractivity contribution < 1.29 is 5.11 Å². The summed E-state index contributed by atoms with van der Waals surface area (Å²) in [5.74, 6) is 0.748. The van der Waals surface area contributed by atoms with Gasteiger partial charge in [-0.25, -0.2) is 9.97 Å². The molecule has 1 atom stereocenters. The third-order valence-electron chi connectivity index (χ3n) is 3.16. The minimum atomic E-state index is 0.210. The van der Waals surface area contributed by atoms with Gasteiger partial charge in [0.15, 0.2) is 0 Å². The number of likely N-dealkylation sites (tertiary alicyclic amines) is 1. The van der Waals surface area contributed by atoms with Crippen LogP contribution in [0.3, 0.4) is 0 Å². The lowest BCUT2D eigenvalue weighted by Gasteiger charge is -2.23. The van der Waals surface area contributed by atoms with Gasteiger partial charge in [-0.15, -0.1) is 0 Å². The molecule has 2 heterocycles. The van der Waals surface area contributed by atoms with Gasteiger partial charge in [-0.2, -0.15) is 0 Å². The minimum absolute atomic E-state index is 0.210. The maximum atomic E-state index is 9.05. The highest BCUT2D eigenvalue weighted by Crippen LogP contribution is 2.30. The molecule has 5 nitrogen and oxygen atoms in total. The zero-order valence-corrected chi connectivity index (χ0v) is 10.5. The van der Waals surface area contributed by atoms with Crippen molar-refractivity contribution in [3.8, 4) is 0 Å². The summed E-state index contributed by atoms with van der Waals surface area (Å²) >= 11 is 0. The molecule has 1 aliphatic heterocycles. The normalized spacial score (nSPS) is 20.8. The van der Waals surface area contributed by atoms with E-state index in [0.717, 1.165) is 31.2 Å². The Labute approximate surface area is 102 Å². The van der Waals surface area contributed by atoms with Gasteiger partial charge in [0.2, 0.25) is 5.95 Å². The highest BCUT2D eigenvalue weighted by atomic mass is 16.3. The fourth-order valence-corrected chi connectivity index (χ4v) is 2.32. The predicted octanol–water partition coefficient (Wildman–Crippen LogP) is 0.672. The Hall–Kier alpha value is -1.20. The van der Waals surface area contributed by atoms with Crippen molar-refractivity contribution in [2.75, 3.05) is 38.7 Å². The molecule has 0 aromatic carbocycles. The lowest BCUT2D eigenvalue weighted by atomic mass is 10.1. The minimum Gasteiger partial charge on any atom is -0.395 e. The number of hydrogen-bond donors (Lipinski definition) is 1. The molecular formula is C12H20N4O. The standard InChI is InChI=1S/C12H20N4O/c1-15(2)12-13-6-5-10(14-12)11-4-3-7-16(11)8-9-17/h5-6,11,17H,3-4,7-9H2,1-2H3/t11-/m0/s1. The summed E-state index contributed by atoms with van der Waals surface area (Å²) in [6.07, 6.45) is 4.10. The summed E-state index contributed by atoms with van der Waals surface area (Å²) < 4.78 is 0. The van der Waals surface area contributed by atoms with Crippen LogP contribution in [0.15, 0.2) is 12.3 Å². The molecular weight excluding hydrogens is 216 g/mol. The average Bonchev–Trinajstić information content (AvgIpc) is 2.78. The first-order valence-corrected chi connectivity index (χ1v) is 6.07.